The molecule has 2 aliphatic rings. The maximum absolute atomic E-state index is 12.4. The van der Waals surface area contributed by atoms with E-state index in [9.17, 15) is 9.59 Å². The summed E-state index contributed by atoms with van der Waals surface area (Å²) < 4.78 is 10.7. The number of carbonyl (C=O) groups excluding carboxylic acids is 1. The highest BCUT2D eigenvalue weighted by Crippen LogP contribution is 2.27. The Morgan fingerprint density at radius 1 is 1.24 bits per heavy atom. The molecule has 2 aliphatic heterocycles. The third-order valence-electron chi connectivity index (χ3n) is 3.96. The number of carboxylic acid groups (broad SMARTS) is 1. The van der Waals surface area contributed by atoms with Crippen molar-refractivity contribution in [3.63, 3.8) is 0 Å². The second-order valence-electron chi connectivity index (χ2n) is 5.30. The first kappa shape index (κ1) is 14.0. The van der Waals surface area contributed by atoms with Crippen LogP contribution in [0, 0.1) is 5.92 Å². The Kier molecular flexibility index (Phi) is 3.90. The van der Waals surface area contributed by atoms with E-state index in [1.807, 2.05) is 24.3 Å². The van der Waals surface area contributed by atoms with Gasteiger partial charge in [0.15, 0.2) is 6.10 Å². The molecule has 1 fully saturated rings. The lowest BCUT2D eigenvalue weighted by molar-refractivity contribution is -0.143. The van der Waals surface area contributed by atoms with Crippen LogP contribution in [0.5, 0.6) is 0 Å². The van der Waals surface area contributed by atoms with Gasteiger partial charge in [0, 0.05) is 0 Å². The predicted molar refractivity (Wildman–Crippen MR) is 72.7 cm³/mol. The lowest BCUT2D eigenvalue weighted by atomic mass is 9.96. The largest absolute Gasteiger partial charge is 0.481 e. The van der Waals surface area contributed by atoms with Crippen molar-refractivity contribution in [1.82, 2.24) is 5.32 Å². The third kappa shape index (κ3) is 2.77. The summed E-state index contributed by atoms with van der Waals surface area (Å²) >= 11 is 0. The number of carbonyl (C=O) groups is 2. The van der Waals surface area contributed by atoms with Gasteiger partial charge in [-0.2, -0.15) is 0 Å². The summed E-state index contributed by atoms with van der Waals surface area (Å²) in [6.07, 6.45) is 0.106. The maximum atomic E-state index is 12.4. The maximum Gasteiger partial charge on any atom is 0.311 e. The van der Waals surface area contributed by atoms with Crippen LogP contribution in [0.1, 0.15) is 17.2 Å². The van der Waals surface area contributed by atoms with Gasteiger partial charge in [0.1, 0.15) is 5.92 Å². The first-order valence-corrected chi connectivity index (χ1v) is 6.97. The molecule has 0 spiro atoms. The van der Waals surface area contributed by atoms with Gasteiger partial charge in [-0.25, -0.2) is 0 Å². The van der Waals surface area contributed by atoms with Crippen molar-refractivity contribution >= 4 is 11.9 Å². The quantitative estimate of drug-likeness (QED) is 0.848. The van der Waals surface area contributed by atoms with Gasteiger partial charge >= 0.3 is 5.97 Å². The number of fused-ring (bicyclic) bond motifs is 1. The fraction of sp³-hybridized carbons (Fsp3) is 0.467. The monoisotopic (exact) mass is 291 g/mol. The number of hydrogen-bond donors (Lipinski definition) is 2. The van der Waals surface area contributed by atoms with E-state index in [0.717, 1.165) is 17.5 Å². The summed E-state index contributed by atoms with van der Waals surface area (Å²) in [5.74, 6) is -1.96. The van der Waals surface area contributed by atoms with Gasteiger partial charge in [0.2, 0.25) is 0 Å². The Hall–Kier alpha value is -1.92. The zero-order valence-electron chi connectivity index (χ0n) is 11.5. The van der Waals surface area contributed by atoms with Gasteiger partial charge in [-0.05, 0) is 17.5 Å². The Balaban J connectivity index is 1.73. The lowest BCUT2D eigenvalue weighted by Gasteiger charge is -2.27. The fourth-order valence-corrected chi connectivity index (χ4v) is 2.81. The molecule has 0 radical (unpaired) electrons. The molecule has 0 bridgehead atoms. The number of ether oxygens (including phenoxy) is 2. The Bertz CT molecular complexity index is 559. The average molecular weight is 291 g/mol. The molecule has 1 amide bonds. The molecule has 2 heterocycles. The summed E-state index contributed by atoms with van der Waals surface area (Å²) in [5.41, 5.74) is 1.95. The molecule has 0 saturated carbocycles. The Morgan fingerprint density at radius 2 is 2.05 bits per heavy atom. The normalized spacial score (nSPS) is 27.9. The van der Waals surface area contributed by atoms with Crippen LogP contribution in [0.3, 0.4) is 0 Å². The minimum atomic E-state index is -0.956. The molecule has 0 aromatic heterocycles. The van der Waals surface area contributed by atoms with Crippen LogP contribution < -0.4 is 5.32 Å². The summed E-state index contributed by atoms with van der Waals surface area (Å²) in [6, 6.07) is 7.15. The van der Waals surface area contributed by atoms with Crippen molar-refractivity contribution in [2.24, 2.45) is 5.92 Å². The lowest BCUT2D eigenvalue weighted by Crippen LogP contribution is -2.45. The second-order valence-corrected chi connectivity index (χ2v) is 5.30. The number of hydrogen-bond acceptors (Lipinski definition) is 4. The predicted octanol–water partition coefficient (Wildman–Crippen LogP) is 0.516. The summed E-state index contributed by atoms with van der Waals surface area (Å²) in [6.45, 7) is 0.831. The van der Waals surface area contributed by atoms with Crippen LogP contribution in [0.4, 0.5) is 0 Å². The fourth-order valence-electron chi connectivity index (χ4n) is 2.81. The third-order valence-corrected chi connectivity index (χ3v) is 3.96. The van der Waals surface area contributed by atoms with Crippen LogP contribution in [-0.2, 0) is 25.5 Å². The van der Waals surface area contributed by atoms with Crippen LogP contribution in [0.2, 0.25) is 0 Å². The highest BCUT2D eigenvalue weighted by molar-refractivity contribution is 5.84. The van der Waals surface area contributed by atoms with E-state index < -0.39 is 24.0 Å². The van der Waals surface area contributed by atoms with Crippen molar-refractivity contribution in [3.8, 4) is 0 Å². The number of aliphatic carboxylic acids is 1. The van der Waals surface area contributed by atoms with Crippen LogP contribution >= 0.6 is 0 Å². The Labute approximate surface area is 122 Å². The molecule has 3 rings (SSSR count). The highest BCUT2D eigenvalue weighted by Gasteiger charge is 2.37. The number of amides is 1. The van der Waals surface area contributed by atoms with Crippen molar-refractivity contribution in [1.29, 1.82) is 0 Å². The molecule has 1 aromatic carbocycles. The van der Waals surface area contributed by atoms with Crippen LogP contribution in [-0.4, -0.2) is 42.8 Å². The summed E-state index contributed by atoms with van der Waals surface area (Å²) in [4.78, 5) is 23.5. The van der Waals surface area contributed by atoms with Gasteiger partial charge in [-0.3, -0.25) is 9.59 Å². The van der Waals surface area contributed by atoms with Crippen LogP contribution in [0.15, 0.2) is 24.3 Å². The van der Waals surface area contributed by atoms with E-state index in [1.54, 1.807) is 0 Å². The van der Waals surface area contributed by atoms with Crippen LogP contribution in [0.25, 0.3) is 0 Å². The van der Waals surface area contributed by atoms with Gasteiger partial charge in [0.25, 0.3) is 5.91 Å². The molecule has 2 N–H and O–H groups in total. The molecule has 21 heavy (non-hydrogen) atoms. The molecule has 3 atom stereocenters. The number of rotatable bonds is 3. The SMILES string of the molecule is O=C(NC1COCC1C(=O)O)C1OCCc2ccccc21. The molecule has 6 heteroatoms. The van der Waals surface area contributed by atoms with E-state index in [2.05, 4.69) is 5.32 Å². The molecule has 112 valence electrons. The van der Waals surface area contributed by atoms with Crippen molar-refractivity contribution < 1.29 is 24.2 Å². The van der Waals surface area contributed by atoms with E-state index in [1.165, 1.54) is 0 Å². The second kappa shape index (κ2) is 5.83. The molecule has 1 saturated heterocycles. The Morgan fingerprint density at radius 3 is 2.86 bits per heavy atom. The van der Waals surface area contributed by atoms with Crippen molar-refractivity contribution in [2.75, 3.05) is 19.8 Å². The first-order chi connectivity index (χ1) is 10.2. The average Bonchev–Trinajstić information content (AvgIpc) is 2.95. The molecule has 3 unspecified atom stereocenters. The standard InChI is InChI=1S/C15H17NO5/c17-14(16-12-8-20-7-11(12)15(18)19)13-10-4-2-1-3-9(10)5-6-21-13/h1-4,11-13H,5-8H2,(H,16,17)(H,18,19). The van der Waals surface area contributed by atoms with E-state index in [4.69, 9.17) is 14.6 Å². The first-order valence-electron chi connectivity index (χ1n) is 6.97. The number of benzene rings is 1. The zero-order chi connectivity index (χ0) is 14.8. The van der Waals surface area contributed by atoms with Gasteiger partial charge in [-0.15, -0.1) is 0 Å². The molecule has 1 aromatic rings. The van der Waals surface area contributed by atoms with Crippen molar-refractivity contribution in [3.05, 3.63) is 35.4 Å². The van der Waals surface area contributed by atoms with Gasteiger partial charge < -0.3 is 19.9 Å². The van der Waals surface area contributed by atoms with Gasteiger partial charge in [0.05, 0.1) is 25.9 Å². The minimum absolute atomic E-state index is 0.127. The van der Waals surface area contributed by atoms with Crippen molar-refractivity contribution in [2.45, 2.75) is 18.6 Å². The molecular formula is C15H17NO5. The minimum Gasteiger partial charge on any atom is -0.481 e. The zero-order valence-corrected chi connectivity index (χ0v) is 11.5. The molecule has 0 aliphatic carbocycles. The topological polar surface area (TPSA) is 84.9 Å². The van der Waals surface area contributed by atoms with Gasteiger partial charge in [-0.1, -0.05) is 24.3 Å². The number of carboxylic acids is 1. The summed E-state index contributed by atoms with van der Waals surface area (Å²) in [5, 5.41) is 11.9. The molecular weight excluding hydrogens is 274 g/mol. The van der Waals surface area contributed by atoms with E-state index in [-0.39, 0.29) is 19.1 Å². The number of nitrogens with one attached hydrogen (secondary N) is 1. The molecule has 6 nitrogen and oxygen atoms in total. The smallest absolute Gasteiger partial charge is 0.311 e. The van der Waals surface area contributed by atoms with E-state index in [0.29, 0.717) is 6.61 Å². The highest BCUT2D eigenvalue weighted by atomic mass is 16.5. The summed E-state index contributed by atoms with van der Waals surface area (Å²) in [7, 11) is 0. The van der Waals surface area contributed by atoms with E-state index >= 15 is 0 Å².